The van der Waals surface area contributed by atoms with Gasteiger partial charge in [-0.3, -0.25) is 4.99 Å². The van der Waals surface area contributed by atoms with Crippen molar-refractivity contribution < 1.29 is 0 Å². The summed E-state index contributed by atoms with van der Waals surface area (Å²) in [5.41, 5.74) is 0. The van der Waals surface area contributed by atoms with Crippen molar-refractivity contribution in [2.45, 2.75) is 45.8 Å². The predicted molar refractivity (Wildman–Crippen MR) is 68.7 cm³/mol. The van der Waals surface area contributed by atoms with E-state index in [1.165, 1.54) is 18.6 Å². The Balaban J connectivity index is 3.17. The molecule has 0 atom stereocenters. The molecule has 0 aliphatic carbocycles. The molecule has 3 heteroatoms. The monoisotopic (exact) mass is 217 g/mol. The predicted octanol–water partition coefficient (Wildman–Crippen LogP) is 3.82. The molecule has 0 heterocycles. The lowest BCUT2D eigenvalue weighted by Crippen LogP contribution is -2.14. The van der Waals surface area contributed by atoms with Gasteiger partial charge in [0.05, 0.1) is 0 Å². The topological polar surface area (TPSA) is 12.4 Å². The Morgan fingerprint density at radius 1 is 1.31 bits per heavy atom. The first-order chi connectivity index (χ1) is 6.06. The highest BCUT2D eigenvalue weighted by Gasteiger charge is 2.11. The molecule has 0 aromatic carbocycles. The molecule has 0 spiro atoms. The van der Waals surface area contributed by atoms with Crippen molar-refractivity contribution in [2.75, 3.05) is 12.3 Å². The van der Waals surface area contributed by atoms with Gasteiger partial charge >= 0.3 is 0 Å². The van der Waals surface area contributed by atoms with Crippen LogP contribution in [0.2, 0.25) is 19.6 Å². The Morgan fingerprint density at radius 3 is 2.54 bits per heavy atom. The minimum atomic E-state index is -0.868. The Labute approximate surface area is 88.1 Å². The molecule has 78 valence electrons. The van der Waals surface area contributed by atoms with Crippen LogP contribution in [0, 0.1) is 0 Å². The SMILES string of the molecule is CCCC=NCCCS[Si](C)(C)C. The first-order valence-corrected chi connectivity index (χ1v) is 10.4. The summed E-state index contributed by atoms with van der Waals surface area (Å²) >= 11 is 2.16. The third-order valence-electron chi connectivity index (χ3n) is 1.51. The highest BCUT2D eigenvalue weighted by atomic mass is 32.4. The Hall–Kier alpha value is 0.237. The molecule has 0 N–H and O–H groups in total. The molecule has 0 aromatic heterocycles. The molecular weight excluding hydrogens is 194 g/mol. The first-order valence-electron chi connectivity index (χ1n) is 5.18. The zero-order valence-corrected chi connectivity index (χ0v) is 11.3. The molecule has 13 heavy (non-hydrogen) atoms. The molecule has 0 rings (SSSR count). The van der Waals surface area contributed by atoms with E-state index in [9.17, 15) is 0 Å². The van der Waals surface area contributed by atoms with E-state index in [2.05, 4.69) is 49.0 Å². The van der Waals surface area contributed by atoms with Gasteiger partial charge in [-0.15, -0.1) is 0 Å². The highest BCUT2D eigenvalue weighted by Crippen LogP contribution is 2.19. The van der Waals surface area contributed by atoms with Crippen LogP contribution in [0.4, 0.5) is 0 Å². The molecule has 0 bridgehead atoms. The summed E-state index contributed by atoms with van der Waals surface area (Å²) in [6.07, 6.45) is 5.67. The molecule has 0 aliphatic heterocycles. The van der Waals surface area contributed by atoms with Gasteiger partial charge in [0.25, 0.3) is 0 Å². The minimum absolute atomic E-state index is 0.868. The summed E-state index contributed by atoms with van der Waals surface area (Å²) in [5, 5.41) is 0. The van der Waals surface area contributed by atoms with E-state index in [0.29, 0.717) is 0 Å². The molecule has 0 aliphatic rings. The second-order valence-electron chi connectivity index (χ2n) is 4.19. The molecule has 0 saturated carbocycles. The third kappa shape index (κ3) is 12.2. The van der Waals surface area contributed by atoms with Crippen molar-refractivity contribution in [1.29, 1.82) is 0 Å². The molecule has 0 unspecified atom stereocenters. The Morgan fingerprint density at radius 2 is 2.00 bits per heavy atom. The standard InChI is InChI=1S/C10H23NSSi/c1-5-6-8-11-9-7-10-12-13(2,3)4/h8H,5-7,9-10H2,1-4H3. The van der Waals surface area contributed by atoms with E-state index in [4.69, 9.17) is 0 Å². The average Bonchev–Trinajstić information content (AvgIpc) is 2.01. The van der Waals surface area contributed by atoms with Crippen molar-refractivity contribution >= 4 is 24.6 Å². The van der Waals surface area contributed by atoms with Crippen LogP contribution >= 0.6 is 11.2 Å². The second-order valence-corrected chi connectivity index (χ2v) is 13.7. The van der Waals surface area contributed by atoms with Gasteiger partial charge in [-0.25, -0.2) is 0 Å². The van der Waals surface area contributed by atoms with E-state index in [1.807, 2.05) is 0 Å². The Kier molecular flexibility index (Phi) is 7.76. The van der Waals surface area contributed by atoms with Crippen LogP contribution in [-0.4, -0.2) is 25.7 Å². The number of nitrogens with zero attached hydrogens (tertiary/aromatic N) is 1. The van der Waals surface area contributed by atoms with Gasteiger partial charge in [-0.1, -0.05) is 33.0 Å². The second kappa shape index (κ2) is 7.62. The van der Waals surface area contributed by atoms with Gasteiger partial charge in [-0.2, -0.15) is 11.2 Å². The lowest BCUT2D eigenvalue weighted by atomic mass is 10.4. The maximum atomic E-state index is 4.36. The van der Waals surface area contributed by atoms with Gasteiger partial charge in [0.1, 0.15) is 7.22 Å². The molecule has 0 radical (unpaired) electrons. The fraction of sp³-hybridized carbons (Fsp3) is 0.900. The molecular formula is C10H23NSSi. The van der Waals surface area contributed by atoms with Crippen LogP contribution in [0.5, 0.6) is 0 Å². The summed E-state index contributed by atoms with van der Waals surface area (Å²) in [5.74, 6) is 1.29. The molecule has 0 aromatic rings. The van der Waals surface area contributed by atoms with Gasteiger partial charge in [0.15, 0.2) is 0 Å². The van der Waals surface area contributed by atoms with Crippen LogP contribution in [0.3, 0.4) is 0 Å². The summed E-state index contributed by atoms with van der Waals surface area (Å²) in [6, 6.07) is 0. The van der Waals surface area contributed by atoms with Crippen LogP contribution < -0.4 is 0 Å². The third-order valence-corrected chi connectivity index (χ3v) is 6.08. The lowest BCUT2D eigenvalue weighted by molar-refractivity contribution is 0.931. The van der Waals surface area contributed by atoms with Crippen molar-refractivity contribution in [1.82, 2.24) is 0 Å². The van der Waals surface area contributed by atoms with Crippen LogP contribution in [0.15, 0.2) is 4.99 Å². The molecule has 0 saturated heterocycles. The number of unbranched alkanes of at least 4 members (excludes halogenated alkanes) is 1. The largest absolute Gasteiger partial charge is 0.298 e. The molecule has 0 amide bonds. The summed E-state index contributed by atoms with van der Waals surface area (Å²) < 4.78 is 0. The summed E-state index contributed by atoms with van der Waals surface area (Å²) in [4.78, 5) is 4.36. The maximum Gasteiger partial charge on any atom is 0.108 e. The van der Waals surface area contributed by atoms with Crippen molar-refractivity contribution in [3.05, 3.63) is 0 Å². The number of rotatable bonds is 7. The first kappa shape index (κ1) is 13.2. The van der Waals surface area contributed by atoms with Gasteiger partial charge < -0.3 is 0 Å². The van der Waals surface area contributed by atoms with E-state index in [0.717, 1.165) is 13.0 Å². The van der Waals surface area contributed by atoms with Crippen LogP contribution in [0.1, 0.15) is 26.2 Å². The Bertz CT molecular complexity index is 140. The lowest BCUT2D eigenvalue weighted by Gasteiger charge is -2.13. The summed E-state index contributed by atoms with van der Waals surface area (Å²) in [7, 11) is -0.868. The fourth-order valence-electron chi connectivity index (χ4n) is 0.846. The van der Waals surface area contributed by atoms with E-state index < -0.39 is 7.22 Å². The average molecular weight is 217 g/mol. The van der Waals surface area contributed by atoms with Gasteiger partial charge in [-0.05, 0) is 24.8 Å². The quantitative estimate of drug-likeness (QED) is 0.359. The number of aliphatic imine (C=N–C) groups is 1. The molecule has 0 fully saturated rings. The van der Waals surface area contributed by atoms with Gasteiger partial charge in [0, 0.05) is 6.54 Å². The van der Waals surface area contributed by atoms with Crippen LogP contribution in [-0.2, 0) is 0 Å². The minimum Gasteiger partial charge on any atom is -0.298 e. The van der Waals surface area contributed by atoms with Crippen molar-refractivity contribution in [3.63, 3.8) is 0 Å². The van der Waals surface area contributed by atoms with E-state index in [-0.39, 0.29) is 0 Å². The van der Waals surface area contributed by atoms with E-state index in [1.54, 1.807) is 0 Å². The normalized spacial score (nSPS) is 12.6. The number of hydrogen-bond donors (Lipinski definition) is 0. The van der Waals surface area contributed by atoms with Crippen molar-refractivity contribution in [3.8, 4) is 0 Å². The smallest absolute Gasteiger partial charge is 0.108 e. The van der Waals surface area contributed by atoms with Gasteiger partial charge in [0.2, 0.25) is 0 Å². The van der Waals surface area contributed by atoms with Crippen LogP contribution in [0.25, 0.3) is 0 Å². The highest BCUT2D eigenvalue weighted by molar-refractivity contribution is 8.28. The molecule has 1 nitrogen and oxygen atoms in total. The van der Waals surface area contributed by atoms with Crippen molar-refractivity contribution in [2.24, 2.45) is 4.99 Å². The fourth-order valence-corrected chi connectivity index (χ4v) is 4.00. The summed E-state index contributed by atoms with van der Waals surface area (Å²) in [6.45, 7) is 10.4. The zero-order chi connectivity index (χ0) is 10.2. The zero-order valence-electron chi connectivity index (χ0n) is 9.47. The number of hydrogen-bond acceptors (Lipinski definition) is 2. The van der Waals surface area contributed by atoms with E-state index >= 15 is 0 Å². The maximum absolute atomic E-state index is 4.36.